The van der Waals surface area contributed by atoms with Crippen LogP contribution in [0.3, 0.4) is 0 Å². The molecule has 20 heavy (non-hydrogen) atoms. The fraction of sp³-hybridized carbons (Fsp3) is 0.533. The van der Waals surface area contributed by atoms with Gasteiger partial charge in [0.2, 0.25) is 0 Å². The number of carbonyl (C=O) groups excluding carboxylic acids is 1. The predicted molar refractivity (Wildman–Crippen MR) is 72.0 cm³/mol. The van der Waals surface area contributed by atoms with Crippen molar-refractivity contribution >= 4 is 5.91 Å². The summed E-state index contributed by atoms with van der Waals surface area (Å²) in [5, 5.41) is 1.91. The van der Waals surface area contributed by atoms with E-state index in [1.807, 2.05) is 47.3 Å². The van der Waals surface area contributed by atoms with E-state index in [0.29, 0.717) is 0 Å². The van der Waals surface area contributed by atoms with Crippen molar-refractivity contribution in [2.45, 2.75) is 37.1 Å². The van der Waals surface area contributed by atoms with E-state index in [9.17, 15) is 4.79 Å². The third kappa shape index (κ3) is 1.73. The van der Waals surface area contributed by atoms with Crippen molar-refractivity contribution in [2.75, 3.05) is 13.6 Å². The molecule has 1 aromatic rings. The van der Waals surface area contributed by atoms with Crippen LogP contribution in [0.2, 0.25) is 0 Å². The highest BCUT2D eigenvalue weighted by Gasteiger charge is 2.57. The maximum absolute atomic E-state index is 12.3. The molecule has 2 bridgehead atoms. The van der Waals surface area contributed by atoms with Gasteiger partial charge in [0.15, 0.2) is 6.10 Å². The number of carbonyl (C=O) groups is 1. The zero-order chi connectivity index (χ0) is 13.7. The van der Waals surface area contributed by atoms with Gasteiger partial charge in [-0.15, -0.1) is 0 Å². The molecule has 0 saturated carbocycles. The summed E-state index contributed by atoms with van der Waals surface area (Å²) in [7, 11) is 1.95. The number of para-hydroxylation sites is 1. The van der Waals surface area contributed by atoms with Crippen molar-refractivity contribution in [1.29, 1.82) is 0 Å². The maximum Gasteiger partial charge on any atom is 0.266 e. The summed E-state index contributed by atoms with van der Waals surface area (Å²) in [6, 6.07) is 9.92. The molecule has 1 aromatic carbocycles. The van der Waals surface area contributed by atoms with E-state index in [1.165, 1.54) is 0 Å². The van der Waals surface area contributed by atoms with Crippen LogP contribution >= 0.6 is 0 Å². The van der Waals surface area contributed by atoms with E-state index in [0.717, 1.165) is 25.1 Å². The number of β-lactam (4-membered cyclic amide) rings is 1. The fourth-order valence-electron chi connectivity index (χ4n) is 3.55. The standard InChI is InChI=1S/C15H18N2O3/c1-16-12-9-11(20-16)7-8-17-13(12)14(15(17)18)19-10-5-3-2-4-6-10/h2-6,11-14H,7-9H2,1H3/t11-,12-,13+,14+/m0/s1. The molecule has 0 aliphatic carbocycles. The average Bonchev–Trinajstić information content (AvgIpc) is 2.72. The van der Waals surface area contributed by atoms with Crippen molar-refractivity contribution in [3.8, 4) is 5.75 Å². The molecule has 4 rings (SSSR count). The van der Waals surface area contributed by atoms with E-state index < -0.39 is 0 Å². The molecule has 0 unspecified atom stereocenters. The lowest BCUT2D eigenvalue weighted by atomic mass is 9.90. The Labute approximate surface area is 118 Å². The normalized spacial score (nSPS) is 36.2. The molecule has 106 valence electrons. The zero-order valence-electron chi connectivity index (χ0n) is 11.4. The molecule has 3 saturated heterocycles. The van der Waals surface area contributed by atoms with Crippen LogP contribution in [0.5, 0.6) is 5.75 Å². The summed E-state index contributed by atoms with van der Waals surface area (Å²) < 4.78 is 5.91. The molecular formula is C15H18N2O3. The lowest BCUT2D eigenvalue weighted by Crippen LogP contribution is -2.72. The molecule has 0 spiro atoms. The highest BCUT2D eigenvalue weighted by atomic mass is 16.7. The van der Waals surface area contributed by atoms with Crippen LogP contribution < -0.4 is 4.74 Å². The van der Waals surface area contributed by atoms with Crippen molar-refractivity contribution < 1.29 is 14.4 Å². The molecule has 3 aliphatic rings. The SMILES string of the molecule is CN1O[C@H]2CCN3C(=O)[C@H](Oc4ccccc4)[C@H]3[C@@H]1C2. The van der Waals surface area contributed by atoms with Gasteiger partial charge in [-0.1, -0.05) is 18.2 Å². The Morgan fingerprint density at radius 1 is 1.30 bits per heavy atom. The number of nitrogens with zero attached hydrogens (tertiary/aromatic N) is 2. The molecule has 4 atom stereocenters. The molecule has 1 amide bonds. The summed E-state index contributed by atoms with van der Waals surface area (Å²) in [6.07, 6.45) is 1.78. The Balaban J connectivity index is 1.57. The minimum absolute atomic E-state index is 0.111. The van der Waals surface area contributed by atoms with Gasteiger partial charge in [0.25, 0.3) is 5.91 Å². The monoisotopic (exact) mass is 274 g/mol. The van der Waals surface area contributed by atoms with Crippen LogP contribution in [0.25, 0.3) is 0 Å². The first-order valence-corrected chi connectivity index (χ1v) is 7.16. The van der Waals surface area contributed by atoms with Crippen LogP contribution in [-0.2, 0) is 9.63 Å². The molecule has 0 radical (unpaired) electrons. The van der Waals surface area contributed by atoms with Crippen molar-refractivity contribution in [2.24, 2.45) is 0 Å². The Morgan fingerprint density at radius 3 is 2.90 bits per heavy atom. The van der Waals surface area contributed by atoms with Gasteiger partial charge in [-0.05, 0) is 25.0 Å². The first-order valence-electron chi connectivity index (χ1n) is 7.16. The molecule has 3 aliphatic heterocycles. The Hall–Kier alpha value is -1.59. The van der Waals surface area contributed by atoms with Gasteiger partial charge in [-0.2, -0.15) is 5.06 Å². The Morgan fingerprint density at radius 2 is 2.10 bits per heavy atom. The molecule has 5 heteroatoms. The van der Waals surface area contributed by atoms with E-state index >= 15 is 0 Å². The molecular weight excluding hydrogens is 256 g/mol. The quantitative estimate of drug-likeness (QED) is 0.756. The number of hydrogen-bond acceptors (Lipinski definition) is 4. The molecule has 0 N–H and O–H groups in total. The van der Waals surface area contributed by atoms with Crippen molar-refractivity contribution in [1.82, 2.24) is 9.96 Å². The highest BCUT2D eigenvalue weighted by molar-refractivity contribution is 5.89. The van der Waals surface area contributed by atoms with Crippen LogP contribution in [0, 0.1) is 0 Å². The predicted octanol–water partition coefficient (Wildman–Crippen LogP) is 1.05. The highest BCUT2D eigenvalue weighted by Crippen LogP contribution is 2.38. The lowest BCUT2D eigenvalue weighted by molar-refractivity contribution is -0.199. The summed E-state index contributed by atoms with van der Waals surface area (Å²) in [4.78, 5) is 20.0. The van der Waals surface area contributed by atoms with Crippen molar-refractivity contribution in [3.05, 3.63) is 30.3 Å². The first kappa shape index (κ1) is 12.2. The van der Waals surface area contributed by atoms with Gasteiger partial charge >= 0.3 is 0 Å². The van der Waals surface area contributed by atoms with Gasteiger partial charge in [0, 0.05) is 13.6 Å². The molecule has 0 aromatic heterocycles. The topological polar surface area (TPSA) is 42.0 Å². The van der Waals surface area contributed by atoms with Crippen LogP contribution in [0.4, 0.5) is 0 Å². The average molecular weight is 274 g/mol. The minimum Gasteiger partial charge on any atom is -0.478 e. The number of rotatable bonds is 2. The summed E-state index contributed by atoms with van der Waals surface area (Å²) in [5.74, 6) is 0.868. The minimum atomic E-state index is -0.370. The Bertz CT molecular complexity index is 521. The zero-order valence-corrected chi connectivity index (χ0v) is 11.4. The van der Waals surface area contributed by atoms with E-state index in [4.69, 9.17) is 9.57 Å². The van der Waals surface area contributed by atoms with E-state index in [2.05, 4.69) is 0 Å². The van der Waals surface area contributed by atoms with Crippen LogP contribution in [0.15, 0.2) is 30.3 Å². The van der Waals surface area contributed by atoms with Crippen molar-refractivity contribution in [3.63, 3.8) is 0 Å². The fourth-order valence-corrected chi connectivity index (χ4v) is 3.55. The van der Waals surface area contributed by atoms with Gasteiger partial charge < -0.3 is 9.64 Å². The Kier molecular flexibility index (Phi) is 2.72. The number of fused-ring (bicyclic) bond motifs is 4. The second kappa shape index (κ2) is 4.46. The second-order valence-corrected chi connectivity index (χ2v) is 5.74. The summed E-state index contributed by atoms with van der Waals surface area (Å²) in [5.41, 5.74) is 0. The van der Waals surface area contributed by atoms with Gasteiger partial charge in [0.1, 0.15) is 5.75 Å². The number of likely N-dealkylation sites (N-methyl/N-ethyl adjacent to an activating group) is 1. The molecule has 5 nitrogen and oxygen atoms in total. The number of benzene rings is 1. The second-order valence-electron chi connectivity index (χ2n) is 5.74. The summed E-state index contributed by atoms with van der Waals surface area (Å²) >= 11 is 0. The van der Waals surface area contributed by atoms with Gasteiger partial charge in [-0.25, -0.2) is 0 Å². The lowest BCUT2D eigenvalue weighted by Gasteiger charge is -2.49. The summed E-state index contributed by atoms with van der Waals surface area (Å²) in [6.45, 7) is 0.785. The third-order valence-corrected chi connectivity index (χ3v) is 4.58. The molecule has 3 heterocycles. The number of hydrogen-bond donors (Lipinski definition) is 0. The molecule has 3 fully saturated rings. The first-order chi connectivity index (χ1) is 9.74. The largest absolute Gasteiger partial charge is 0.478 e. The third-order valence-electron chi connectivity index (χ3n) is 4.58. The van der Waals surface area contributed by atoms with E-state index in [-0.39, 0.29) is 30.2 Å². The van der Waals surface area contributed by atoms with E-state index in [1.54, 1.807) is 0 Å². The van der Waals surface area contributed by atoms with Crippen LogP contribution in [-0.4, -0.2) is 53.8 Å². The smallest absolute Gasteiger partial charge is 0.266 e. The van der Waals surface area contributed by atoms with Gasteiger partial charge in [0.05, 0.1) is 18.2 Å². The van der Waals surface area contributed by atoms with Gasteiger partial charge in [-0.3, -0.25) is 9.63 Å². The number of ether oxygens (including phenoxy) is 1. The number of amides is 1. The number of hydroxylamine groups is 2. The van der Waals surface area contributed by atoms with Crippen LogP contribution in [0.1, 0.15) is 12.8 Å². The maximum atomic E-state index is 12.3.